The van der Waals surface area contributed by atoms with E-state index >= 15 is 0 Å². The molecule has 0 aromatic heterocycles. The van der Waals surface area contributed by atoms with E-state index in [2.05, 4.69) is 10.0 Å². The van der Waals surface area contributed by atoms with Gasteiger partial charge in [-0.2, -0.15) is 0 Å². The summed E-state index contributed by atoms with van der Waals surface area (Å²) in [7, 11) is -3.06. The fourth-order valence-corrected chi connectivity index (χ4v) is 3.19. The molecule has 0 radical (unpaired) electrons. The third-order valence-corrected chi connectivity index (χ3v) is 4.52. The van der Waals surface area contributed by atoms with Gasteiger partial charge in [-0.25, -0.2) is 13.1 Å². The Labute approximate surface area is 111 Å². The van der Waals surface area contributed by atoms with E-state index in [1.807, 2.05) is 6.92 Å². The molecule has 1 rings (SSSR count). The number of ether oxygens (including phenoxy) is 1. The van der Waals surface area contributed by atoms with Crippen LogP contribution in [0.25, 0.3) is 0 Å². The van der Waals surface area contributed by atoms with E-state index in [4.69, 9.17) is 4.74 Å². The fourth-order valence-electron chi connectivity index (χ4n) is 1.92. The van der Waals surface area contributed by atoms with Crippen molar-refractivity contribution in [2.24, 2.45) is 0 Å². The van der Waals surface area contributed by atoms with Crippen molar-refractivity contribution in [3.63, 3.8) is 0 Å². The average molecular weight is 278 g/mol. The van der Waals surface area contributed by atoms with Gasteiger partial charge in [0, 0.05) is 13.2 Å². The lowest BCUT2D eigenvalue weighted by molar-refractivity contribution is 0.0322. The minimum absolute atomic E-state index is 0.235. The highest BCUT2D eigenvalue weighted by Crippen LogP contribution is 2.07. The maximum Gasteiger partial charge on any atom is 0.211 e. The van der Waals surface area contributed by atoms with Crippen LogP contribution in [0.2, 0.25) is 0 Å². The van der Waals surface area contributed by atoms with Crippen molar-refractivity contribution in [3.8, 4) is 0 Å². The van der Waals surface area contributed by atoms with Crippen LogP contribution in [0.1, 0.15) is 39.0 Å². The van der Waals surface area contributed by atoms with Crippen LogP contribution in [0, 0.1) is 0 Å². The van der Waals surface area contributed by atoms with Crippen molar-refractivity contribution in [2.75, 3.05) is 32.0 Å². The first-order valence-corrected chi connectivity index (χ1v) is 8.59. The zero-order chi connectivity index (χ0) is 13.3. The van der Waals surface area contributed by atoms with Crippen LogP contribution in [-0.4, -0.2) is 46.5 Å². The number of hydrogen-bond donors (Lipinski definition) is 2. The molecule has 1 heterocycles. The van der Waals surface area contributed by atoms with E-state index in [0.29, 0.717) is 19.3 Å². The Morgan fingerprint density at radius 2 is 2.00 bits per heavy atom. The van der Waals surface area contributed by atoms with Crippen LogP contribution >= 0.6 is 0 Å². The van der Waals surface area contributed by atoms with Gasteiger partial charge < -0.3 is 10.1 Å². The van der Waals surface area contributed by atoms with Crippen molar-refractivity contribution >= 4 is 10.0 Å². The van der Waals surface area contributed by atoms with E-state index < -0.39 is 10.0 Å². The Hall–Kier alpha value is -0.170. The summed E-state index contributed by atoms with van der Waals surface area (Å²) in [6.45, 7) is 5.16. The Kier molecular flexibility index (Phi) is 7.81. The second kappa shape index (κ2) is 8.85. The highest BCUT2D eigenvalue weighted by molar-refractivity contribution is 7.89. The first kappa shape index (κ1) is 15.9. The molecule has 2 N–H and O–H groups in total. The van der Waals surface area contributed by atoms with Crippen LogP contribution in [0.5, 0.6) is 0 Å². The summed E-state index contributed by atoms with van der Waals surface area (Å²) in [6, 6.07) is 0. The van der Waals surface area contributed by atoms with Gasteiger partial charge in [-0.05, 0) is 38.8 Å². The normalized spacial score (nSPS) is 18.1. The summed E-state index contributed by atoms with van der Waals surface area (Å²) in [5.41, 5.74) is 0. The van der Waals surface area contributed by atoms with Gasteiger partial charge >= 0.3 is 0 Å². The first-order valence-electron chi connectivity index (χ1n) is 6.93. The van der Waals surface area contributed by atoms with Crippen LogP contribution in [0.15, 0.2) is 0 Å². The van der Waals surface area contributed by atoms with Crippen molar-refractivity contribution < 1.29 is 13.2 Å². The maximum atomic E-state index is 11.5. The highest BCUT2D eigenvalue weighted by Gasteiger charge is 2.13. The van der Waals surface area contributed by atoms with Gasteiger partial charge in [-0.3, -0.25) is 0 Å². The summed E-state index contributed by atoms with van der Waals surface area (Å²) in [5, 5.41) is 3.28. The topological polar surface area (TPSA) is 67.4 Å². The summed E-state index contributed by atoms with van der Waals surface area (Å²) >= 11 is 0. The van der Waals surface area contributed by atoms with Gasteiger partial charge in [0.2, 0.25) is 10.0 Å². The van der Waals surface area contributed by atoms with Gasteiger partial charge in [0.15, 0.2) is 0 Å². The highest BCUT2D eigenvalue weighted by atomic mass is 32.2. The van der Waals surface area contributed by atoms with Crippen molar-refractivity contribution in [1.29, 1.82) is 0 Å². The lowest BCUT2D eigenvalue weighted by Gasteiger charge is -2.22. The molecule has 0 aromatic carbocycles. The van der Waals surface area contributed by atoms with Gasteiger partial charge in [0.1, 0.15) is 0 Å². The van der Waals surface area contributed by atoms with Gasteiger partial charge in [-0.1, -0.05) is 13.3 Å². The molecule has 0 unspecified atom stereocenters. The molecular formula is C12H26N2O3S. The van der Waals surface area contributed by atoms with E-state index in [1.54, 1.807) is 0 Å². The molecule has 1 saturated heterocycles. The molecule has 1 fully saturated rings. The fraction of sp³-hybridized carbons (Fsp3) is 1.00. The predicted octanol–water partition coefficient (Wildman–Crippen LogP) is 0.865. The van der Waals surface area contributed by atoms with E-state index in [1.165, 1.54) is 0 Å². The lowest BCUT2D eigenvalue weighted by atomic mass is 10.1. The molecular weight excluding hydrogens is 252 g/mol. The molecule has 0 atom stereocenters. The third-order valence-electron chi connectivity index (χ3n) is 3.05. The molecule has 0 bridgehead atoms. The quantitative estimate of drug-likeness (QED) is 0.614. The standard InChI is InChI=1S/C12H26N2O3S/c1-2-3-11-18(15,16)14-7-4-10-17-12-5-8-13-9-6-12/h12-14H,2-11H2,1H3. The van der Waals surface area contributed by atoms with Crippen LogP contribution in [0.4, 0.5) is 0 Å². The Bertz CT molecular complexity index is 300. The molecule has 1 aliphatic heterocycles. The molecule has 0 aromatic rings. The zero-order valence-electron chi connectivity index (χ0n) is 11.3. The SMILES string of the molecule is CCCCS(=O)(=O)NCCCOC1CCNCC1. The molecule has 0 saturated carbocycles. The Morgan fingerprint density at radius 3 is 2.67 bits per heavy atom. The number of piperidine rings is 1. The Balaban J connectivity index is 2.00. The largest absolute Gasteiger partial charge is 0.378 e. The molecule has 0 amide bonds. The maximum absolute atomic E-state index is 11.5. The molecule has 0 spiro atoms. The minimum Gasteiger partial charge on any atom is -0.378 e. The molecule has 18 heavy (non-hydrogen) atoms. The second-order valence-corrected chi connectivity index (χ2v) is 6.67. The number of rotatable bonds is 9. The second-order valence-electron chi connectivity index (χ2n) is 4.74. The summed E-state index contributed by atoms with van der Waals surface area (Å²) in [5.74, 6) is 0.235. The number of sulfonamides is 1. The predicted molar refractivity (Wildman–Crippen MR) is 73.2 cm³/mol. The van der Waals surface area contributed by atoms with E-state index in [-0.39, 0.29) is 5.75 Å². The molecule has 0 aliphatic carbocycles. The molecule has 5 nitrogen and oxygen atoms in total. The third kappa shape index (κ3) is 7.31. The Morgan fingerprint density at radius 1 is 1.28 bits per heavy atom. The van der Waals surface area contributed by atoms with Crippen molar-refractivity contribution in [3.05, 3.63) is 0 Å². The number of unbranched alkanes of at least 4 members (excludes halogenated alkanes) is 1. The molecule has 1 aliphatic rings. The molecule has 6 heteroatoms. The number of hydrogen-bond acceptors (Lipinski definition) is 4. The lowest BCUT2D eigenvalue weighted by Crippen LogP contribution is -2.33. The van der Waals surface area contributed by atoms with Gasteiger partial charge in [0.05, 0.1) is 11.9 Å². The van der Waals surface area contributed by atoms with Crippen LogP contribution in [0.3, 0.4) is 0 Å². The van der Waals surface area contributed by atoms with E-state index in [0.717, 1.165) is 45.2 Å². The van der Waals surface area contributed by atoms with Crippen molar-refractivity contribution in [2.45, 2.75) is 45.1 Å². The summed E-state index contributed by atoms with van der Waals surface area (Å²) < 4.78 is 31.3. The minimum atomic E-state index is -3.06. The number of nitrogens with one attached hydrogen (secondary N) is 2. The molecule has 108 valence electrons. The monoisotopic (exact) mass is 278 g/mol. The van der Waals surface area contributed by atoms with Crippen LogP contribution in [-0.2, 0) is 14.8 Å². The van der Waals surface area contributed by atoms with Crippen molar-refractivity contribution in [1.82, 2.24) is 10.0 Å². The van der Waals surface area contributed by atoms with Gasteiger partial charge in [-0.15, -0.1) is 0 Å². The summed E-state index contributed by atoms with van der Waals surface area (Å²) in [4.78, 5) is 0. The van der Waals surface area contributed by atoms with Crippen LogP contribution < -0.4 is 10.0 Å². The van der Waals surface area contributed by atoms with Gasteiger partial charge in [0.25, 0.3) is 0 Å². The van der Waals surface area contributed by atoms with E-state index in [9.17, 15) is 8.42 Å². The first-order chi connectivity index (χ1) is 8.64. The smallest absolute Gasteiger partial charge is 0.211 e. The zero-order valence-corrected chi connectivity index (χ0v) is 12.1. The summed E-state index contributed by atoms with van der Waals surface area (Å²) in [6.07, 6.45) is 4.84. The average Bonchev–Trinajstić information content (AvgIpc) is 2.37.